The molecule has 86 valence electrons. The van der Waals surface area contributed by atoms with Crippen LogP contribution in [0.3, 0.4) is 0 Å². The summed E-state index contributed by atoms with van der Waals surface area (Å²) in [5, 5.41) is 12.5. The summed E-state index contributed by atoms with van der Waals surface area (Å²) in [5.41, 5.74) is -0.0741. The zero-order valence-corrected chi connectivity index (χ0v) is 11.0. The van der Waals surface area contributed by atoms with E-state index in [4.69, 9.17) is 16.7 Å². The van der Waals surface area contributed by atoms with Gasteiger partial charge < -0.3 is 10.4 Å². The maximum absolute atomic E-state index is 9.12. The van der Waals surface area contributed by atoms with E-state index in [-0.39, 0.29) is 18.1 Å². The molecule has 15 heavy (non-hydrogen) atoms. The lowest BCUT2D eigenvalue weighted by Crippen LogP contribution is -2.33. The van der Waals surface area contributed by atoms with Crippen LogP contribution in [0.1, 0.15) is 31.7 Å². The first kappa shape index (κ1) is 13.0. The summed E-state index contributed by atoms with van der Waals surface area (Å²) in [6.45, 7) is 7.16. The monoisotopic (exact) mass is 247 g/mol. The van der Waals surface area contributed by atoms with Crippen molar-refractivity contribution in [2.24, 2.45) is 5.41 Å². The molecule has 2 nitrogen and oxygen atoms in total. The van der Waals surface area contributed by atoms with Crippen molar-refractivity contribution in [2.45, 2.75) is 26.8 Å². The lowest BCUT2D eigenvalue weighted by Gasteiger charge is -2.24. The summed E-state index contributed by atoms with van der Waals surface area (Å²) in [7, 11) is 0. The van der Waals surface area contributed by atoms with Crippen molar-refractivity contribution < 1.29 is 5.11 Å². The molecule has 0 fully saturated rings. The Balaban J connectivity index is 2.46. The molecule has 2 N–H and O–H groups in total. The topological polar surface area (TPSA) is 32.3 Å². The van der Waals surface area contributed by atoms with E-state index >= 15 is 0 Å². The van der Waals surface area contributed by atoms with Gasteiger partial charge in [-0.2, -0.15) is 0 Å². The average Bonchev–Trinajstić information content (AvgIpc) is 2.61. The summed E-state index contributed by atoms with van der Waals surface area (Å²) in [4.78, 5) is 1.23. The van der Waals surface area contributed by atoms with Crippen molar-refractivity contribution >= 4 is 22.9 Å². The predicted molar refractivity (Wildman–Crippen MR) is 66.6 cm³/mol. The Bertz CT molecular complexity index is 311. The van der Waals surface area contributed by atoms with Crippen LogP contribution in [-0.2, 0) is 0 Å². The zero-order valence-electron chi connectivity index (χ0n) is 9.38. The van der Waals surface area contributed by atoms with Crippen molar-refractivity contribution in [2.75, 3.05) is 13.2 Å². The molecule has 0 spiro atoms. The standard InChI is InChI=1S/C11H18ClNOS/c1-8(9-4-5-10(12)15-9)13-6-11(2,3)7-14/h4-5,8,13-14H,6-7H2,1-3H3. The van der Waals surface area contributed by atoms with Crippen molar-refractivity contribution in [3.05, 3.63) is 21.3 Å². The number of hydrogen-bond donors (Lipinski definition) is 2. The van der Waals surface area contributed by atoms with Gasteiger partial charge in [0.25, 0.3) is 0 Å². The predicted octanol–water partition coefficient (Wildman–Crippen LogP) is 3.07. The van der Waals surface area contributed by atoms with Crippen LogP contribution in [0.4, 0.5) is 0 Å². The average molecular weight is 248 g/mol. The van der Waals surface area contributed by atoms with Crippen molar-refractivity contribution in [1.29, 1.82) is 0 Å². The highest BCUT2D eigenvalue weighted by atomic mass is 35.5. The Labute approximate surface area is 100 Å². The van der Waals surface area contributed by atoms with Gasteiger partial charge in [0.05, 0.1) is 4.34 Å². The maximum atomic E-state index is 9.12. The van der Waals surface area contributed by atoms with E-state index in [2.05, 4.69) is 12.2 Å². The van der Waals surface area contributed by atoms with E-state index in [1.807, 2.05) is 26.0 Å². The highest BCUT2D eigenvalue weighted by Gasteiger charge is 2.18. The van der Waals surface area contributed by atoms with Gasteiger partial charge in [-0.25, -0.2) is 0 Å². The molecule has 0 saturated heterocycles. The molecule has 0 amide bonds. The zero-order chi connectivity index (χ0) is 11.5. The van der Waals surface area contributed by atoms with Gasteiger partial charge in [0.2, 0.25) is 0 Å². The normalized spacial score (nSPS) is 14.2. The van der Waals surface area contributed by atoms with Crippen LogP contribution in [-0.4, -0.2) is 18.3 Å². The van der Waals surface area contributed by atoms with Crippen molar-refractivity contribution in [3.8, 4) is 0 Å². The van der Waals surface area contributed by atoms with Crippen LogP contribution in [0.15, 0.2) is 12.1 Å². The molecule has 1 atom stereocenters. The molecule has 0 aliphatic heterocycles. The molecule has 4 heteroatoms. The van der Waals surface area contributed by atoms with Gasteiger partial charge in [0.1, 0.15) is 0 Å². The van der Waals surface area contributed by atoms with Crippen LogP contribution in [0.5, 0.6) is 0 Å². The first-order valence-electron chi connectivity index (χ1n) is 5.04. The number of aliphatic hydroxyl groups is 1. The van der Waals surface area contributed by atoms with Crippen LogP contribution < -0.4 is 5.32 Å². The molecule has 0 aliphatic rings. The number of hydrogen-bond acceptors (Lipinski definition) is 3. The lowest BCUT2D eigenvalue weighted by molar-refractivity contribution is 0.154. The van der Waals surface area contributed by atoms with E-state index in [0.29, 0.717) is 0 Å². The van der Waals surface area contributed by atoms with E-state index in [0.717, 1.165) is 10.9 Å². The van der Waals surface area contributed by atoms with Crippen LogP contribution in [0.2, 0.25) is 4.34 Å². The summed E-state index contributed by atoms with van der Waals surface area (Å²) in [6.07, 6.45) is 0. The molecule has 0 aromatic carbocycles. The Morgan fingerprint density at radius 2 is 2.20 bits per heavy atom. The van der Waals surface area contributed by atoms with Crippen molar-refractivity contribution in [1.82, 2.24) is 5.32 Å². The Hall–Kier alpha value is -0.0900. The fraction of sp³-hybridized carbons (Fsp3) is 0.636. The third-order valence-corrected chi connectivity index (χ3v) is 3.75. The smallest absolute Gasteiger partial charge is 0.0931 e. The van der Waals surface area contributed by atoms with Gasteiger partial charge in [-0.15, -0.1) is 11.3 Å². The summed E-state index contributed by atoms with van der Waals surface area (Å²) < 4.78 is 0.820. The molecule has 0 saturated carbocycles. The molecule has 1 unspecified atom stereocenters. The van der Waals surface area contributed by atoms with E-state index < -0.39 is 0 Å². The molecule has 1 rings (SSSR count). The number of rotatable bonds is 5. The molecule has 0 bridgehead atoms. The molecule has 1 aromatic heterocycles. The minimum absolute atomic E-state index is 0.0741. The quantitative estimate of drug-likeness (QED) is 0.838. The molecule has 0 radical (unpaired) electrons. The Morgan fingerprint density at radius 3 is 2.67 bits per heavy atom. The molecule has 1 heterocycles. The largest absolute Gasteiger partial charge is 0.396 e. The van der Waals surface area contributed by atoms with Gasteiger partial charge in [-0.1, -0.05) is 25.4 Å². The van der Waals surface area contributed by atoms with Crippen molar-refractivity contribution in [3.63, 3.8) is 0 Å². The van der Waals surface area contributed by atoms with Gasteiger partial charge in [-0.05, 0) is 19.1 Å². The molecular weight excluding hydrogens is 230 g/mol. The second-order valence-corrected chi connectivity index (χ2v) is 6.31. The first-order valence-corrected chi connectivity index (χ1v) is 6.23. The Morgan fingerprint density at radius 1 is 1.53 bits per heavy atom. The SMILES string of the molecule is CC(NCC(C)(C)CO)c1ccc(Cl)s1. The second-order valence-electron chi connectivity index (χ2n) is 4.57. The van der Waals surface area contributed by atoms with Gasteiger partial charge in [-0.3, -0.25) is 0 Å². The van der Waals surface area contributed by atoms with Gasteiger partial charge in [0.15, 0.2) is 0 Å². The van der Waals surface area contributed by atoms with E-state index in [9.17, 15) is 0 Å². The number of thiophene rings is 1. The fourth-order valence-electron chi connectivity index (χ4n) is 1.15. The van der Waals surface area contributed by atoms with Crippen LogP contribution >= 0.6 is 22.9 Å². The first-order chi connectivity index (χ1) is 6.94. The maximum Gasteiger partial charge on any atom is 0.0931 e. The molecule has 0 aliphatic carbocycles. The third-order valence-electron chi connectivity index (χ3n) is 2.34. The minimum atomic E-state index is -0.0741. The second kappa shape index (κ2) is 5.30. The number of nitrogens with one attached hydrogen (secondary N) is 1. The van der Waals surface area contributed by atoms with Crippen LogP contribution in [0.25, 0.3) is 0 Å². The molecule has 1 aromatic rings. The van der Waals surface area contributed by atoms with Gasteiger partial charge in [0, 0.05) is 29.5 Å². The minimum Gasteiger partial charge on any atom is -0.396 e. The summed E-state index contributed by atoms with van der Waals surface area (Å²) in [5.74, 6) is 0. The number of aliphatic hydroxyl groups excluding tert-OH is 1. The van der Waals surface area contributed by atoms with E-state index in [1.54, 1.807) is 11.3 Å². The van der Waals surface area contributed by atoms with Crippen LogP contribution in [0, 0.1) is 5.41 Å². The summed E-state index contributed by atoms with van der Waals surface area (Å²) in [6, 6.07) is 4.24. The third kappa shape index (κ3) is 4.11. The van der Waals surface area contributed by atoms with E-state index in [1.165, 1.54) is 4.88 Å². The highest BCUT2D eigenvalue weighted by molar-refractivity contribution is 7.16. The summed E-state index contributed by atoms with van der Waals surface area (Å²) >= 11 is 7.47. The van der Waals surface area contributed by atoms with Gasteiger partial charge >= 0.3 is 0 Å². The highest BCUT2D eigenvalue weighted by Crippen LogP contribution is 2.27. The lowest BCUT2D eigenvalue weighted by atomic mass is 9.94. The Kier molecular flexibility index (Phi) is 4.59. The molecular formula is C11H18ClNOS. The number of halogens is 1. The fourth-order valence-corrected chi connectivity index (χ4v) is 2.23.